The third-order valence-corrected chi connectivity index (χ3v) is 5.18. The van der Waals surface area contributed by atoms with Crippen LogP contribution in [0, 0.1) is 0 Å². The van der Waals surface area contributed by atoms with E-state index in [1.165, 1.54) is 0 Å². The minimum atomic E-state index is -0.220. The fraction of sp³-hybridized carbons (Fsp3) is 0.600. The van der Waals surface area contributed by atoms with Crippen LogP contribution in [-0.2, 0) is 9.53 Å². The van der Waals surface area contributed by atoms with E-state index in [-0.39, 0.29) is 30.2 Å². The lowest BCUT2D eigenvalue weighted by atomic mass is 9.93. The third kappa shape index (κ3) is 4.18. The molecule has 0 radical (unpaired) electrons. The molecule has 1 N–H and O–H groups in total. The van der Waals surface area contributed by atoms with Gasteiger partial charge in [-0.3, -0.25) is 4.79 Å². The number of ether oxygens (including phenoxy) is 2. The van der Waals surface area contributed by atoms with Gasteiger partial charge in [-0.15, -0.1) is 0 Å². The number of urea groups is 1. The molecule has 3 rings (SSSR count). The highest BCUT2D eigenvalue weighted by molar-refractivity contribution is 5.99. The zero-order chi connectivity index (χ0) is 19.6. The molecule has 1 aromatic rings. The quantitative estimate of drug-likeness (QED) is 0.877. The highest BCUT2D eigenvalue weighted by Gasteiger charge is 2.34. The number of carbonyl (C=O) groups is 2. The smallest absolute Gasteiger partial charge is 0.322 e. The number of nitrogens with one attached hydrogen (secondary N) is 1. The molecule has 1 aromatic carbocycles. The fourth-order valence-corrected chi connectivity index (χ4v) is 3.86. The Kier molecular flexibility index (Phi) is 5.60. The number of hydrogen-bond acceptors (Lipinski definition) is 4. The van der Waals surface area contributed by atoms with E-state index in [0.29, 0.717) is 36.8 Å². The number of fused-ring (bicyclic) bond motifs is 1. The van der Waals surface area contributed by atoms with E-state index in [1.54, 1.807) is 17.0 Å². The first-order valence-corrected chi connectivity index (χ1v) is 9.63. The molecule has 0 bridgehead atoms. The van der Waals surface area contributed by atoms with Gasteiger partial charge in [-0.25, -0.2) is 4.79 Å². The van der Waals surface area contributed by atoms with Crippen molar-refractivity contribution in [3.8, 4) is 5.75 Å². The predicted molar refractivity (Wildman–Crippen MR) is 104 cm³/mol. The molecule has 7 heteroatoms. The van der Waals surface area contributed by atoms with Crippen molar-refractivity contribution in [3.05, 3.63) is 18.2 Å². The van der Waals surface area contributed by atoms with Gasteiger partial charge in [0.2, 0.25) is 0 Å². The van der Waals surface area contributed by atoms with E-state index in [2.05, 4.69) is 19.2 Å². The molecular formula is C20H29N3O4. The number of amides is 3. The molecule has 3 amide bonds. The van der Waals surface area contributed by atoms with Crippen LogP contribution < -0.4 is 15.0 Å². The van der Waals surface area contributed by atoms with Crippen LogP contribution in [0.4, 0.5) is 16.2 Å². The van der Waals surface area contributed by atoms with E-state index >= 15 is 0 Å². The van der Waals surface area contributed by atoms with E-state index < -0.39 is 0 Å². The van der Waals surface area contributed by atoms with Crippen LogP contribution in [0.2, 0.25) is 0 Å². The highest BCUT2D eigenvalue weighted by atomic mass is 16.5. The molecule has 0 saturated carbocycles. The van der Waals surface area contributed by atoms with Crippen LogP contribution in [0.5, 0.6) is 5.75 Å². The second-order valence-corrected chi connectivity index (χ2v) is 7.58. The average Bonchev–Trinajstić information content (AvgIpc) is 2.61. The van der Waals surface area contributed by atoms with Crippen LogP contribution in [0.1, 0.15) is 40.5 Å². The second-order valence-electron chi connectivity index (χ2n) is 7.58. The van der Waals surface area contributed by atoms with Crippen molar-refractivity contribution in [3.63, 3.8) is 0 Å². The monoisotopic (exact) mass is 375 g/mol. The summed E-state index contributed by atoms with van der Waals surface area (Å²) in [6.07, 6.45) is 1.64. The normalized spacial score (nSPS) is 21.3. The first-order chi connectivity index (χ1) is 12.8. The number of carbonyl (C=O) groups excluding carboxylic acids is 2. The summed E-state index contributed by atoms with van der Waals surface area (Å²) in [6.45, 7) is 9.92. The van der Waals surface area contributed by atoms with Crippen molar-refractivity contribution in [2.24, 2.45) is 0 Å². The summed E-state index contributed by atoms with van der Waals surface area (Å²) in [5, 5.41) is 2.98. The Balaban J connectivity index is 1.75. The Hall–Kier alpha value is -2.28. The molecule has 7 nitrogen and oxygen atoms in total. The summed E-state index contributed by atoms with van der Waals surface area (Å²) in [5.41, 5.74) is 1.13. The number of hydrogen-bond donors (Lipinski definition) is 1. The highest BCUT2D eigenvalue weighted by Crippen LogP contribution is 2.35. The van der Waals surface area contributed by atoms with Crippen LogP contribution >= 0.6 is 0 Å². The minimum absolute atomic E-state index is 0.0513. The summed E-state index contributed by atoms with van der Waals surface area (Å²) < 4.78 is 11.3. The van der Waals surface area contributed by atoms with Gasteiger partial charge in [0.1, 0.15) is 5.75 Å². The maximum Gasteiger partial charge on any atom is 0.322 e. The molecule has 0 spiro atoms. The summed E-state index contributed by atoms with van der Waals surface area (Å²) >= 11 is 0. The van der Waals surface area contributed by atoms with E-state index in [9.17, 15) is 9.59 Å². The Morgan fingerprint density at radius 3 is 2.81 bits per heavy atom. The molecule has 0 aliphatic carbocycles. The summed E-state index contributed by atoms with van der Waals surface area (Å²) in [7, 11) is 0. The lowest BCUT2D eigenvalue weighted by Gasteiger charge is -2.40. The van der Waals surface area contributed by atoms with Crippen LogP contribution in [-0.4, -0.2) is 54.8 Å². The standard InChI is InChI=1S/C20H29N3O4/c1-5-22(15-9-10-27-20(3,4)12-15)19(25)21-14-7-8-17-16(11-14)23(6-2)18(24)13-26-17/h7-8,11,15H,5-6,9-10,12-13H2,1-4H3,(H,21,25)/t15-/m0/s1. The molecule has 1 saturated heterocycles. The van der Waals surface area contributed by atoms with Gasteiger partial charge in [-0.1, -0.05) is 0 Å². The number of nitrogens with zero attached hydrogens (tertiary/aromatic N) is 2. The maximum absolute atomic E-state index is 12.9. The van der Waals surface area contributed by atoms with E-state index in [0.717, 1.165) is 12.8 Å². The van der Waals surface area contributed by atoms with Gasteiger partial charge in [0.05, 0.1) is 11.3 Å². The molecule has 0 aromatic heterocycles. The molecule has 2 aliphatic heterocycles. The molecule has 1 atom stereocenters. The predicted octanol–water partition coefficient (Wildman–Crippen LogP) is 3.24. The van der Waals surface area contributed by atoms with E-state index in [4.69, 9.17) is 9.47 Å². The lowest BCUT2D eigenvalue weighted by molar-refractivity contribution is -0.121. The zero-order valence-electron chi connectivity index (χ0n) is 16.6. The largest absolute Gasteiger partial charge is 0.482 e. The number of benzene rings is 1. The molecule has 0 unspecified atom stereocenters. The first kappa shape index (κ1) is 19.5. The van der Waals surface area contributed by atoms with Crippen molar-refractivity contribution < 1.29 is 19.1 Å². The van der Waals surface area contributed by atoms with Gasteiger partial charge in [0.15, 0.2) is 6.61 Å². The van der Waals surface area contributed by atoms with Crippen molar-refractivity contribution in [1.29, 1.82) is 0 Å². The first-order valence-electron chi connectivity index (χ1n) is 9.63. The van der Waals surface area contributed by atoms with Crippen LogP contribution in [0.15, 0.2) is 18.2 Å². The van der Waals surface area contributed by atoms with E-state index in [1.807, 2.05) is 24.8 Å². The van der Waals surface area contributed by atoms with Gasteiger partial charge in [0.25, 0.3) is 5.91 Å². The van der Waals surface area contributed by atoms with Gasteiger partial charge >= 0.3 is 6.03 Å². The van der Waals surface area contributed by atoms with Crippen molar-refractivity contribution in [1.82, 2.24) is 4.90 Å². The van der Waals surface area contributed by atoms with Crippen molar-refractivity contribution in [2.75, 3.05) is 36.5 Å². The summed E-state index contributed by atoms with van der Waals surface area (Å²) in [4.78, 5) is 28.5. The fourth-order valence-electron chi connectivity index (χ4n) is 3.86. The van der Waals surface area contributed by atoms with Crippen molar-refractivity contribution >= 4 is 23.3 Å². The van der Waals surface area contributed by atoms with Gasteiger partial charge < -0.3 is 24.6 Å². The Morgan fingerprint density at radius 2 is 2.15 bits per heavy atom. The van der Waals surface area contributed by atoms with Gasteiger partial charge in [0, 0.05) is 31.4 Å². The number of anilines is 2. The van der Waals surface area contributed by atoms with Gasteiger partial charge in [-0.2, -0.15) is 0 Å². The number of rotatable bonds is 4. The molecule has 27 heavy (non-hydrogen) atoms. The lowest BCUT2D eigenvalue weighted by Crippen LogP contribution is -2.49. The topological polar surface area (TPSA) is 71.1 Å². The summed E-state index contributed by atoms with van der Waals surface area (Å²) in [5.74, 6) is 0.584. The second kappa shape index (κ2) is 7.76. The molecule has 2 aliphatic rings. The third-order valence-electron chi connectivity index (χ3n) is 5.18. The van der Waals surface area contributed by atoms with Crippen LogP contribution in [0.3, 0.4) is 0 Å². The van der Waals surface area contributed by atoms with Gasteiger partial charge in [-0.05, 0) is 58.7 Å². The molecule has 2 heterocycles. The van der Waals surface area contributed by atoms with Crippen LogP contribution in [0.25, 0.3) is 0 Å². The Bertz CT molecular complexity index is 719. The molecule has 1 fully saturated rings. The Labute approximate surface area is 160 Å². The summed E-state index contributed by atoms with van der Waals surface area (Å²) in [6, 6.07) is 5.42. The zero-order valence-corrected chi connectivity index (χ0v) is 16.6. The minimum Gasteiger partial charge on any atom is -0.482 e. The number of likely N-dealkylation sites (N-methyl/N-ethyl adjacent to an activating group) is 1. The SMILES string of the molecule is CCN1C(=O)COc2ccc(NC(=O)N(CC)[C@H]3CCOC(C)(C)C3)cc21. The average molecular weight is 375 g/mol. The Morgan fingerprint density at radius 1 is 1.37 bits per heavy atom. The molecule has 148 valence electrons. The van der Waals surface area contributed by atoms with Crippen molar-refractivity contribution in [2.45, 2.75) is 52.2 Å². The maximum atomic E-state index is 12.9. The molecular weight excluding hydrogens is 346 g/mol.